The standard InChI is InChI=1S/C24H33N3O3/c1-30-21-5-2-4-18(13-21)24(29)25-10-8-20(9-11-25)26-14-17-12-19(16-26)22-6-3-7-23(28)27(22)15-17/h2,4-5,13,17,19-20,22H,3,6-12,14-16H2,1H3/t17-,19-,22-/m1/s1. The Labute approximate surface area is 179 Å². The highest BCUT2D eigenvalue weighted by molar-refractivity contribution is 5.94. The van der Waals surface area contributed by atoms with E-state index in [9.17, 15) is 9.59 Å². The molecule has 0 N–H and O–H groups in total. The summed E-state index contributed by atoms with van der Waals surface area (Å²) in [4.78, 5) is 32.2. The van der Waals surface area contributed by atoms with Crippen LogP contribution in [0.5, 0.6) is 5.75 Å². The van der Waals surface area contributed by atoms with E-state index in [1.807, 2.05) is 29.2 Å². The highest BCUT2D eigenvalue weighted by atomic mass is 16.5. The number of rotatable bonds is 3. The SMILES string of the molecule is COc1cccc(C(=O)N2CCC(N3C[C@H]4C[C@H](C3)[C@H]3CCCC(=O)N3C4)CC2)c1. The molecule has 0 radical (unpaired) electrons. The molecule has 2 amide bonds. The van der Waals surface area contributed by atoms with E-state index in [4.69, 9.17) is 4.74 Å². The van der Waals surface area contributed by atoms with Gasteiger partial charge in [-0.3, -0.25) is 14.5 Å². The summed E-state index contributed by atoms with van der Waals surface area (Å²) in [5.41, 5.74) is 0.711. The first-order chi connectivity index (χ1) is 14.6. The Balaban J connectivity index is 1.19. The van der Waals surface area contributed by atoms with Crippen LogP contribution in [-0.2, 0) is 4.79 Å². The predicted molar refractivity (Wildman–Crippen MR) is 114 cm³/mol. The normalized spacial score (nSPS) is 30.2. The van der Waals surface area contributed by atoms with E-state index in [1.54, 1.807) is 7.11 Å². The second-order valence-electron chi connectivity index (χ2n) is 9.58. The molecule has 4 aliphatic rings. The number of likely N-dealkylation sites (tertiary alicyclic amines) is 2. The molecular weight excluding hydrogens is 378 g/mol. The van der Waals surface area contributed by atoms with Gasteiger partial charge in [-0.25, -0.2) is 0 Å². The zero-order valence-corrected chi connectivity index (χ0v) is 18.0. The number of ether oxygens (including phenoxy) is 1. The van der Waals surface area contributed by atoms with E-state index in [1.165, 1.54) is 12.8 Å². The average molecular weight is 412 g/mol. The maximum absolute atomic E-state index is 12.9. The molecule has 1 aromatic rings. The molecule has 1 aromatic carbocycles. The number of amides is 2. The van der Waals surface area contributed by atoms with E-state index in [0.717, 1.165) is 64.2 Å². The van der Waals surface area contributed by atoms with Gasteiger partial charge < -0.3 is 14.5 Å². The second-order valence-corrected chi connectivity index (χ2v) is 9.58. The van der Waals surface area contributed by atoms with Gasteiger partial charge in [0.1, 0.15) is 5.75 Å². The van der Waals surface area contributed by atoms with E-state index >= 15 is 0 Å². The lowest BCUT2D eigenvalue weighted by Crippen LogP contribution is -2.62. The fourth-order valence-corrected chi connectivity index (χ4v) is 6.32. The van der Waals surface area contributed by atoms with Gasteiger partial charge in [0.15, 0.2) is 0 Å². The molecule has 0 spiro atoms. The quantitative estimate of drug-likeness (QED) is 0.767. The van der Waals surface area contributed by atoms with Crippen LogP contribution < -0.4 is 4.74 Å². The maximum atomic E-state index is 12.9. The van der Waals surface area contributed by atoms with Crippen LogP contribution in [0.4, 0.5) is 0 Å². The molecule has 2 bridgehead atoms. The Morgan fingerprint density at radius 1 is 1.10 bits per heavy atom. The molecule has 30 heavy (non-hydrogen) atoms. The van der Waals surface area contributed by atoms with Crippen molar-refractivity contribution in [3.63, 3.8) is 0 Å². The highest BCUT2D eigenvalue weighted by Crippen LogP contribution is 2.39. The minimum atomic E-state index is 0.110. The lowest BCUT2D eigenvalue weighted by atomic mass is 9.75. The summed E-state index contributed by atoms with van der Waals surface area (Å²) in [7, 11) is 1.63. The van der Waals surface area contributed by atoms with Crippen LogP contribution in [0.15, 0.2) is 24.3 Å². The first-order valence-corrected chi connectivity index (χ1v) is 11.6. The summed E-state index contributed by atoms with van der Waals surface area (Å²) < 4.78 is 5.27. The van der Waals surface area contributed by atoms with Gasteiger partial charge in [-0.1, -0.05) is 6.07 Å². The first kappa shape index (κ1) is 19.9. The van der Waals surface area contributed by atoms with Crippen LogP contribution in [0.25, 0.3) is 0 Å². The largest absolute Gasteiger partial charge is 0.497 e. The number of piperidine rings is 4. The van der Waals surface area contributed by atoms with Crippen molar-refractivity contribution in [2.75, 3.05) is 39.8 Å². The molecule has 0 aromatic heterocycles. The summed E-state index contributed by atoms with van der Waals surface area (Å²) in [6, 6.07) is 8.50. The third-order valence-corrected chi connectivity index (χ3v) is 7.79. The molecule has 3 atom stereocenters. The molecular formula is C24H33N3O3. The molecule has 0 aliphatic carbocycles. The van der Waals surface area contributed by atoms with Crippen molar-refractivity contribution in [1.82, 2.24) is 14.7 Å². The number of hydrogen-bond donors (Lipinski definition) is 0. The molecule has 4 saturated heterocycles. The van der Waals surface area contributed by atoms with Crippen LogP contribution in [0.3, 0.4) is 0 Å². The lowest BCUT2D eigenvalue weighted by Gasteiger charge is -2.54. The summed E-state index contributed by atoms with van der Waals surface area (Å²) in [6.45, 7) is 4.84. The lowest BCUT2D eigenvalue weighted by molar-refractivity contribution is -0.145. The van der Waals surface area contributed by atoms with Gasteiger partial charge >= 0.3 is 0 Å². The fourth-order valence-electron chi connectivity index (χ4n) is 6.32. The Hall–Kier alpha value is -2.08. The number of nitrogens with zero attached hydrogens (tertiary/aromatic N) is 3. The van der Waals surface area contributed by atoms with Crippen molar-refractivity contribution in [2.24, 2.45) is 11.8 Å². The molecule has 6 heteroatoms. The molecule has 4 fully saturated rings. The predicted octanol–water partition coefficient (Wildman–Crippen LogP) is 2.63. The summed E-state index contributed by atoms with van der Waals surface area (Å²) in [5, 5.41) is 0. The number of hydrogen-bond acceptors (Lipinski definition) is 4. The molecule has 0 unspecified atom stereocenters. The first-order valence-electron chi connectivity index (χ1n) is 11.6. The topological polar surface area (TPSA) is 53.1 Å². The molecule has 162 valence electrons. The van der Waals surface area contributed by atoms with Gasteiger partial charge in [-0.2, -0.15) is 0 Å². The number of benzene rings is 1. The highest BCUT2D eigenvalue weighted by Gasteiger charge is 2.45. The second kappa shape index (κ2) is 8.22. The van der Waals surface area contributed by atoms with Gasteiger partial charge in [0.25, 0.3) is 5.91 Å². The third kappa shape index (κ3) is 3.70. The van der Waals surface area contributed by atoms with Crippen molar-refractivity contribution in [3.05, 3.63) is 29.8 Å². The molecule has 0 saturated carbocycles. The number of carbonyl (C=O) groups is 2. The van der Waals surface area contributed by atoms with E-state index in [-0.39, 0.29) is 5.91 Å². The zero-order chi connectivity index (χ0) is 20.7. The summed E-state index contributed by atoms with van der Waals surface area (Å²) in [5.74, 6) is 2.49. The van der Waals surface area contributed by atoms with Crippen molar-refractivity contribution in [1.29, 1.82) is 0 Å². The van der Waals surface area contributed by atoms with Gasteiger partial charge in [-0.15, -0.1) is 0 Å². The Morgan fingerprint density at radius 2 is 1.93 bits per heavy atom. The van der Waals surface area contributed by atoms with E-state index in [2.05, 4.69) is 9.80 Å². The smallest absolute Gasteiger partial charge is 0.253 e. The molecule has 5 rings (SSSR count). The summed E-state index contributed by atoms with van der Waals surface area (Å²) >= 11 is 0. The van der Waals surface area contributed by atoms with E-state index in [0.29, 0.717) is 35.4 Å². The average Bonchev–Trinajstić information content (AvgIpc) is 2.79. The number of carbonyl (C=O) groups excluding carboxylic acids is 2. The molecule has 4 aliphatic heterocycles. The fraction of sp³-hybridized carbons (Fsp3) is 0.667. The zero-order valence-electron chi connectivity index (χ0n) is 18.0. The van der Waals surface area contributed by atoms with Gasteiger partial charge in [-0.05, 0) is 62.1 Å². The molecule has 4 heterocycles. The van der Waals surface area contributed by atoms with Gasteiger partial charge in [0, 0.05) is 56.8 Å². The van der Waals surface area contributed by atoms with Crippen LogP contribution in [0.1, 0.15) is 48.9 Å². The van der Waals surface area contributed by atoms with Gasteiger partial charge in [0.2, 0.25) is 5.91 Å². The van der Waals surface area contributed by atoms with Crippen LogP contribution >= 0.6 is 0 Å². The van der Waals surface area contributed by atoms with Crippen LogP contribution in [0.2, 0.25) is 0 Å². The van der Waals surface area contributed by atoms with Crippen LogP contribution in [-0.4, -0.2) is 78.4 Å². The number of methoxy groups -OCH3 is 1. The van der Waals surface area contributed by atoms with Crippen molar-refractivity contribution in [2.45, 2.75) is 50.6 Å². The minimum absolute atomic E-state index is 0.110. The minimum Gasteiger partial charge on any atom is -0.497 e. The maximum Gasteiger partial charge on any atom is 0.253 e. The Bertz CT molecular complexity index is 805. The monoisotopic (exact) mass is 411 g/mol. The Morgan fingerprint density at radius 3 is 2.73 bits per heavy atom. The molecule has 6 nitrogen and oxygen atoms in total. The van der Waals surface area contributed by atoms with Crippen molar-refractivity contribution >= 4 is 11.8 Å². The van der Waals surface area contributed by atoms with Crippen molar-refractivity contribution < 1.29 is 14.3 Å². The van der Waals surface area contributed by atoms with E-state index < -0.39 is 0 Å². The summed E-state index contributed by atoms with van der Waals surface area (Å²) in [6.07, 6.45) is 6.37. The van der Waals surface area contributed by atoms with Crippen molar-refractivity contribution in [3.8, 4) is 5.75 Å². The van der Waals surface area contributed by atoms with Crippen LogP contribution in [0, 0.1) is 11.8 Å². The van der Waals surface area contributed by atoms with Gasteiger partial charge in [0.05, 0.1) is 7.11 Å². The Kier molecular flexibility index (Phi) is 5.44. The number of fused-ring (bicyclic) bond motifs is 4. The third-order valence-electron chi connectivity index (χ3n) is 7.79.